The van der Waals surface area contributed by atoms with E-state index in [4.69, 9.17) is 0 Å². The lowest BCUT2D eigenvalue weighted by atomic mass is 10.6. The monoisotopic (exact) mass is 151 g/mol. The van der Waals surface area contributed by atoms with E-state index < -0.39 is 0 Å². The van der Waals surface area contributed by atoms with E-state index >= 15 is 0 Å². The molecule has 0 aliphatic heterocycles. The number of imidazole rings is 1. The standard InChI is InChI=1S/C8H13N3/c1-3-5-9-8-10-6-7-11(8)4-2/h3,6-7H,1,4-5H2,2H3,(H,9,10). The average Bonchev–Trinajstić information content (AvgIpc) is 2.47. The second-order valence-electron chi connectivity index (χ2n) is 2.21. The summed E-state index contributed by atoms with van der Waals surface area (Å²) in [6.45, 7) is 7.41. The van der Waals surface area contributed by atoms with Crippen LogP contribution in [0.1, 0.15) is 6.92 Å². The molecule has 0 amide bonds. The molecule has 0 bridgehead atoms. The largest absolute Gasteiger partial charge is 0.352 e. The first-order chi connectivity index (χ1) is 5.38. The van der Waals surface area contributed by atoms with Gasteiger partial charge in [0, 0.05) is 25.5 Å². The van der Waals surface area contributed by atoms with Crippen LogP contribution in [0.5, 0.6) is 0 Å². The first kappa shape index (κ1) is 7.85. The molecule has 0 radical (unpaired) electrons. The maximum Gasteiger partial charge on any atom is 0.203 e. The molecule has 0 spiro atoms. The summed E-state index contributed by atoms with van der Waals surface area (Å²) in [7, 11) is 0. The number of aryl methyl sites for hydroxylation is 1. The van der Waals surface area contributed by atoms with Crippen molar-refractivity contribution in [2.24, 2.45) is 0 Å². The van der Waals surface area contributed by atoms with Crippen LogP contribution >= 0.6 is 0 Å². The number of rotatable bonds is 4. The summed E-state index contributed by atoms with van der Waals surface area (Å²) in [6, 6.07) is 0. The number of nitrogens with one attached hydrogen (secondary N) is 1. The van der Waals surface area contributed by atoms with E-state index in [1.54, 1.807) is 6.20 Å². The normalized spacial score (nSPS) is 9.55. The van der Waals surface area contributed by atoms with Crippen molar-refractivity contribution in [3.05, 3.63) is 25.0 Å². The van der Waals surface area contributed by atoms with Crippen molar-refractivity contribution in [2.75, 3.05) is 11.9 Å². The summed E-state index contributed by atoms with van der Waals surface area (Å²) < 4.78 is 2.05. The molecule has 0 aliphatic carbocycles. The molecule has 0 aromatic carbocycles. The number of aromatic nitrogens is 2. The molecule has 11 heavy (non-hydrogen) atoms. The fourth-order valence-corrected chi connectivity index (χ4v) is 0.895. The molecule has 0 unspecified atom stereocenters. The Bertz CT molecular complexity index is 227. The zero-order valence-electron chi connectivity index (χ0n) is 6.75. The maximum absolute atomic E-state index is 4.13. The summed E-state index contributed by atoms with van der Waals surface area (Å²) in [5.74, 6) is 0.910. The van der Waals surface area contributed by atoms with Gasteiger partial charge in [0.1, 0.15) is 0 Å². The van der Waals surface area contributed by atoms with Gasteiger partial charge in [-0.2, -0.15) is 0 Å². The second kappa shape index (κ2) is 3.81. The van der Waals surface area contributed by atoms with E-state index in [9.17, 15) is 0 Å². The van der Waals surface area contributed by atoms with Gasteiger partial charge in [0.2, 0.25) is 5.95 Å². The topological polar surface area (TPSA) is 29.9 Å². The van der Waals surface area contributed by atoms with Crippen LogP contribution in [0.25, 0.3) is 0 Å². The molecule has 0 fully saturated rings. The number of nitrogens with zero attached hydrogens (tertiary/aromatic N) is 2. The minimum absolute atomic E-state index is 0.761. The van der Waals surface area contributed by atoms with Gasteiger partial charge >= 0.3 is 0 Å². The molecule has 60 valence electrons. The van der Waals surface area contributed by atoms with E-state index in [2.05, 4.69) is 23.8 Å². The van der Waals surface area contributed by atoms with Gasteiger partial charge in [0.25, 0.3) is 0 Å². The highest BCUT2D eigenvalue weighted by molar-refractivity contribution is 5.26. The van der Waals surface area contributed by atoms with Gasteiger partial charge < -0.3 is 9.88 Å². The molecular formula is C8H13N3. The van der Waals surface area contributed by atoms with Crippen LogP contribution in [0.15, 0.2) is 25.0 Å². The molecule has 0 atom stereocenters. The van der Waals surface area contributed by atoms with Gasteiger partial charge in [0.15, 0.2) is 0 Å². The van der Waals surface area contributed by atoms with E-state index in [1.807, 2.05) is 16.8 Å². The fraction of sp³-hybridized carbons (Fsp3) is 0.375. The summed E-state index contributed by atoms with van der Waals surface area (Å²) in [5, 5.41) is 3.13. The van der Waals surface area contributed by atoms with Crippen LogP contribution in [0.3, 0.4) is 0 Å². The Morgan fingerprint density at radius 3 is 3.27 bits per heavy atom. The van der Waals surface area contributed by atoms with Crippen LogP contribution in [0.2, 0.25) is 0 Å². The van der Waals surface area contributed by atoms with Crippen molar-refractivity contribution in [3.63, 3.8) is 0 Å². The Labute approximate surface area is 66.8 Å². The molecule has 3 heteroatoms. The van der Waals surface area contributed by atoms with Crippen LogP contribution in [-0.2, 0) is 6.54 Å². The average molecular weight is 151 g/mol. The molecular weight excluding hydrogens is 138 g/mol. The van der Waals surface area contributed by atoms with E-state index in [1.165, 1.54) is 0 Å². The predicted octanol–water partition coefficient (Wildman–Crippen LogP) is 1.50. The van der Waals surface area contributed by atoms with Crippen molar-refractivity contribution in [3.8, 4) is 0 Å². The molecule has 1 aromatic heterocycles. The smallest absolute Gasteiger partial charge is 0.203 e. The summed E-state index contributed by atoms with van der Waals surface area (Å²) in [6.07, 6.45) is 5.55. The molecule has 3 nitrogen and oxygen atoms in total. The van der Waals surface area contributed by atoms with E-state index in [-0.39, 0.29) is 0 Å². The lowest BCUT2D eigenvalue weighted by Gasteiger charge is -2.04. The first-order valence-corrected chi connectivity index (χ1v) is 3.74. The third-order valence-corrected chi connectivity index (χ3v) is 1.46. The van der Waals surface area contributed by atoms with E-state index in [0.29, 0.717) is 0 Å². The van der Waals surface area contributed by atoms with Crippen LogP contribution < -0.4 is 5.32 Å². The lowest BCUT2D eigenvalue weighted by Crippen LogP contribution is -2.05. The number of hydrogen-bond acceptors (Lipinski definition) is 2. The number of hydrogen-bond donors (Lipinski definition) is 1. The SMILES string of the molecule is C=CCNc1nccn1CC. The van der Waals surface area contributed by atoms with Crippen molar-refractivity contribution in [1.82, 2.24) is 9.55 Å². The summed E-state index contributed by atoms with van der Waals surface area (Å²) in [4.78, 5) is 4.13. The van der Waals surface area contributed by atoms with Gasteiger partial charge in [-0.1, -0.05) is 6.08 Å². The molecule has 1 rings (SSSR count). The van der Waals surface area contributed by atoms with Gasteiger partial charge in [-0.05, 0) is 6.92 Å². The lowest BCUT2D eigenvalue weighted by molar-refractivity contribution is 0.767. The van der Waals surface area contributed by atoms with Crippen molar-refractivity contribution < 1.29 is 0 Å². The molecule has 0 saturated heterocycles. The second-order valence-corrected chi connectivity index (χ2v) is 2.21. The maximum atomic E-state index is 4.13. The van der Waals surface area contributed by atoms with Gasteiger partial charge in [-0.3, -0.25) is 0 Å². The van der Waals surface area contributed by atoms with Crippen molar-refractivity contribution >= 4 is 5.95 Å². The van der Waals surface area contributed by atoms with Crippen molar-refractivity contribution in [1.29, 1.82) is 0 Å². The molecule has 0 saturated carbocycles. The third-order valence-electron chi connectivity index (χ3n) is 1.46. The highest BCUT2D eigenvalue weighted by Gasteiger charge is 1.96. The fourth-order valence-electron chi connectivity index (χ4n) is 0.895. The third kappa shape index (κ3) is 1.83. The Morgan fingerprint density at radius 1 is 1.82 bits per heavy atom. The highest BCUT2D eigenvalue weighted by Crippen LogP contribution is 2.02. The Morgan fingerprint density at radius 2 is 2.64 bits per heavy atom. The van der Waals surface area contributed by atoms with Crippen LogP contribution in [-0.4, -0.2) is 16.1 Å². The number of anilines is 1. The van der Waals surface area contributed by atoms with Gasteiger partial charge in [-0.25, -0.2) is 4.98 Å². The molecule has 1 N–H and O–H groups in total. The molecule has 1 aromatic rings. The van der Waals surface area contributed by atoms with Gasteiger partial charge in [0.05, 0.1) is 0 Å². The van der Waals surface area contributed by atoms with Crippen LogP contribution in [0.4, 0.5) is 5.95 Å². The van der Waals surface area contributed by atoms with Crippen LogP contribution in [0, 0.1) is 0 Å². The Hall–Kier alpha value is -1.25. The minimum Gasteiger partial charge on any atom is -0.352 e. The summed E-state index contributed by atoms with van der Waals surface area (Å²) in [5.41, 5.74) is 0. The highest BCUT2D eigenvalue weighted by atomic mass is 15.2. The Kier molecular flexibility index (Phi) is 2.72. The van der Waals surface area contributed by atoms with Gasteiger partial charge in [-0.15, -0.1) is 6.58 Å². The summed E-state index contributed by atoms with van der Waals surface area (Å²) >= 11 is 0. The first-order valence-electron chi connectivity index (χ1n) is 3.74. The zero-order valence-corrected chi connectivity index (χ0v) is 6.75. The molecule has 1 heterocycles. The quantitative estimate of drug-likeness (QED) is 0.661. The van der Waals surface area contributed by atoms with E-state index in [0.717, 1.165) is 19.0 Å². The molecule has 0 aliphatic rings. The van der Waals surface area contributed by atoms with Crippen molar-refractivity contribution in [2.45, 2.75) is 13.5 Å². The Balaban J connectivity index is 2.60. The zero-order chi connectivity index (χ0) is 8.10. The minimum atomic E-state index is 0.761. The predicted molar refractivity (Wildman–Crippen MR) is 46.6 cm³/mol.